The lowest BCUT2D eigenvalue weighted by Gasteiger charge is -2.10. The Morgan fingerprint density at radius 1 is 1.33 bits per heavy atom. The minimum absolute atomic E-state index is 0.267. The van der Waals surface area contributed by atoms with E-state index in [4.69, 9.17) is 15.6 Å². The number of carboxylic acid groups (broad SMARTS) is 1. The molecule has 0 aliphatic carbocycles. The van der Waals surface area contributed by atoms with Crippen LogP contribution in [0.4, 0.5) is 0 Å². The molecule has 2 unspecified atom stereocenters. The van der Waals surface area contributed by atoms with E-state index in [1.54, 1.807) is 0 Å². The molecule has 2 amide bonds. The number of hydrogen-bond acceptors (Lipinski definition) is 4. The molecule has 0 spiro atoms. The lowest BCUT2D eigenvalue weighted by molar-refractivity contribution is -0.152. The van der Waals surface area contributed by atoms with Crippen molar-refractivity contribution in [2.75, 3.05) is 6.54 Å². The van der Waals surface area contributed by atoms with Crippen LogP contribution in [0.25, 0.3) is 0 Å². The fourth-order valence-corrected chi connectivity index (χ4v) is 1.30. The maximum atomic E-state index is 11.3. The van der Waals surface area contributed by atoms with Gasteiger partial charge in [0.05, 0.1) is 6.54 Å². The molecule has 7 heteroatoms. The van der Waals surface area contributed by atoms with Gasteiger partial charge in [0, 0.05) is 0 Å². The highest BCUT2D eigenvalue weighted by molar-refractivity contribution is 5.87. The minimum Gasteiger partial charge on any atom is -0.479 e. The van der Waals surface area contributed by atoms with Gasteiger partial charge in [0.1, 0.15) is 6.10 Å². The van der Waals surface area contributed by atoms with E-state index in [1.165, 1.54) is 0 Å². The van der Waals surface area contributed by atoms with Gasteiger partial charge in [-0.25, -0.2) is 4.79 Å². The van der Waals surface area contributed by atoms with Gasteiger partial charge in [-0.2, -0.15) is 0 Å². The number of primary amides is 1. The van der Waals surface area contributed by atoms with Crippen molar-refractivity contribution in [3.8, 4) is 0 Å². The van der Waals surface area contributed by atoms with Crippen LogP contribution in [-0.4, -0.2) is 41.6 Å². The quantitative estimate of drug-likeness (QED) is 0.513. The summed E-state index contributed by atoms with van der Waals surface area (Å²) in [5.74, 6) is -2.24. The first-order chi connectivity index (χ1) is 7.00. The van der Waals surface area contributed by atoms with Crippen LogP contribution in [0.2, 0.25) is 0 Å². The smallest absolute Gasteiger partial charge is 0.332 e. The third kappa shape index (κ3) is 3.21. The zero-order chi connectivity index (χ0) is 11.4. The molecule has 0 aromatic carbocycles. The van der Waals surface area contributed by atoms with Gasteiger partial charge in [-0.15, -0.1) is 0 Å². The Morgan fingerprint density at radius 3 is 2.40 bits per heavy atom. The zero-order valence-electron chi connectivity index (χ0n) is 7.93. The van der Waals surface area contributed by atoms with Crippen molar-refractivity contribution in [2.24, 2.45) is 5.73 Å². The SMILES string of the molecule is NC(=O)CNC(=O)C1CCC(C(=O)O)O1. The molecule has 4 N–H and O–H groups in total. The van der Waals surface area contributed by atoms with Gasteiger partial charge in [0.15, 0.2) is 6.10 Å². The molecule has 1 heterocycles. The summed E-state index contributed by atoms with van der Waals surface area (Å²) < 4.78 is 4.95. The minimum atomic E-state index is -1.08. The third-order valence-corrected chi connectivity index (χ3v) is 2.02. The summed E-state index contributed by atoms with van der Waals surface area (Å²) in [7, 11) is 0. The summed E-state index contributed by atoms with van der Waals surface area (Å²) in [4.78, 5) is 32.1. The fraction of sp³-hybridized carbons (Fsp3) is 0.625. The molecule has 1 saturated heterocycles. The first kappa shape index (κ1) is 11.4. The van der Waals surface area contributed by atoms with E-state index in [1.807, 2.05) is 0 Å². The Bertz CT molecular complexity index is 291. The molecule has 84 valence electrons. The number of carbonyl (C=O) groups is 3. The highest BCUT2D eigenvalue weighted by Crippen LogP contribution is 2.19. The van der Waals surface area contributed by atoms with Crippen LogP contribution < -0.4 is 11.1 Å². The predicted octanol–water partition coefficient (Wildman–Crippen LogP) is -1.78. The van der Waals surface area contributed by atoms with Crippen molar-refractivity contribution in [2.45, 2.75) is 25.0 Å². The topological polar surface area (TPSA) is 119 Å². The number of rotatable bonds is 4. The molecule has 0 bridgehead atoms. The van der Waals surface area contributed by atoms with Crippen LogP contribution in [-0.2, 0) is 19.1 Å². The summed E-state index contributed by atoms with van der Waals surface area (Å²) in [5, 5.41) is 10.9. The van der Waals surface area contributed by atoms with E-state index in [0.29, 0.717) is 12.8 Å². The fourth-order valence-electron chi connectivity index (χ4n) is 1.30. The number of aliphatic carboxylic acids is 1. The van der Waals surface area contributed by atoms with Crippen molar-refractivity contribution in [1.82, 2.24) is 5.32 Å². The molecule has 0 aromatic rings. The number of amides is 2. The molecule has 7 nitrogen and oxygen atoms in total. The van der Waals surface area contributed by atoms with Gasteiger partial charge in [0.25, 0.3) is 0 Å². The molecule has 0 aromatic heterocycles. The van der Waals surface area contributed by atoms with Crippen molar-refractivity contribution in [1.29, 1.82) is 0 Å². The molecule has 0 saturated carbocycles. The Hall–Kier alpha value is -1.63. The summed E-state index contributed by atoms with van der Waals surface area (Å²) in [5.41, 5.74) is 4.83. The van der Waals surface area contributed by atoms with Gasteiger partial charge in [-0.1, -0.05) is 0 Å². The second kappa shape index (κ2) is 4.74. The molecular weight excluding hydrogens is 204 g/mol. The molecule has 15 heavy (non-hydrogen) atoms. The average molecular weight is 216 g/mol. The molecule has 1 rings (SSSR count). The highest BCUT2D eigenvalue weighted by atomic mass is 16.5. The maximum absolute atomic E-state index is 11.3. The molecule has 2 atom stereocenters. The van der Waals surface area contributed by atoms with Crippen LogP contribution >= 0.6 is 0 Å². The van der Waals surface area contributed by atoms with Gasteiger partial charge in [-0.3, -0.25) is 9.59 Å². The number of nitrogens with two attached hydrogens (primary N) is 1. The van der Waals surface area contributed by atoms with Gasteiger partial charge in [0.2, 0.25) is 11.8 Å². The van der Waals surface area contributed by atoms with Crippen molar-refractivity contribution in [3.63, 3.8) is 0 Å². The van der Waals surface area contributed by atoms with Crippen molar-refractivity contribution < 1.29 is 24.2 Å². The Kier molecular flexibility index (Phi) is 3.62. The summed E-state index contributed by atoms with van der Waals surface area (Å²) in [6.45, 7) is -0.267. The van der Waals surface area contributed by atoms with Gasteiger partial charge >= 0.3 is 5.97 Å². The zero-order valence-corrected chi connectivity index (χ0v) is 7.93. The first-order valence-corrected chi connectivity index (χ1v) is 4.45. The number of carbonyl (C=O) groups excluding carboxylic acids is 2. The number of hydrogen-bond donors (Lipinski definition) is 3. The second-order valence-corrected chi connectivity index (χ2v) is 3.21. The van der Waals surface area contributed by atoms with Crippen LogP contribution in [0.1, 0.15) is 12.8 Å². The van der Waals surface area contributed by atoms with E-state index in [0.717, 1.165) is 0 Å². The molecule has 1 fully saturated rings. The summed E-state index contributed by atoms with van der Waals surface area (Å²) in [6, 6.07) is 0. The van der Waals surface area contributed by atoms with Crippen LogP contribution in [0.5, 0.6) is 0 Å². The van der Waals surface area contributed by atoms with E-state index in [9.17, 15) is 14.4 Å². The molecule has 1 aliphatic heterocycles. The van der Waals surface area contributed by atoms with Gasteiger partial charge in [-0.05, 0) is 12.8 Å². The average Bonchev–Trinajstić information content (AvgIpc) is 2.62. The summed E-state index contributed by atoms with van der Waals surface area (Å²) >= 11 is 0. The lowest BCUT2D eigenvalue weighted by Crippen LogP contribution is -2.40. The van der Waals surface area contributed by atoms with E-state index in [2.05, 4.69) is 5.32 Å². The third-order valence-electron chi connectivity index (χ3n) is 2.02. The highest BCUT2D eigenvalue weighted by Gasteiger charge is 2.34. The van der Waals surface area contributed by atoms with E-state index < -0.39 is 30.0 Å². The first-order valence-electron chi connectivity index (χ1n) is 4.45. The van der Waals surface area contributed by atoms with Crippen LogP contribution in [0.15, 0.2) is 0 Å². The standard InChI is InChI=1S/C8H12N2O5/c9-6(11)3-10-7(12)4-1-2-5(15-4)8(13)14/h4-5H,1-3H2,(H2,9,11)(H,10,12)(H,13,14). The molecule has 1 aliphatic rings. The molecular formula is C8H12N2O5. The van der Waals surface area contributed by atoms with Crippen molar-refractivity contribution >= 4 is 17.8 Å². The largest absolute Gasteiger partial charge is 0.479 e. The van der Waals surface area contributed by atoms with Crippen LogP contribution in [0.3, 0.4) is 0 Å². The monoisotopic (exact) mass is 216 g/mol. The Morgan fingerprint density at radius 2 is 1.93 bits per heavy atom. The van der Waals surface area contributed by atoms with E-state index in [-0.39, 0.29) is 6.54 Å². The normalized spacial score (nSPS) is 24.8. The van der Waals surface area contributed by atoms with Crippen LogP contribution in [0, 0.1) is 0 Å². The Balaban J connectivity index is 2.36. The lowest BCUT2D eigenvalue weighted by atomic mass is 10.2. The summed E-state index contributed by atoms with van der Waals surface area (Å²) in [6.07, 6.45) is -1.11. The number of nitrogens with one attached hydrogen (secondary N) is 1. The Labute approximate surface area is 85.6 Å². The predicted molar refractivity (Wildman–Crippen MR) is 47.7 cm³/mol. The number of carboxylic acids is 1. The number of ether oxygens (including phenoxy) is 1. The maximum Gasteiger partial charge on any atom is 0.332 e. The van der Waals surface area contributed by atoms with Crippen molar-refractivity contribution in [3.05, 3.63) is 0 Å². The van der Waals surface area contributed by atoms with Gasteiger partial charge < -0.3 is 20.9 Å². The second-order valence-electron chi connectivity index (χ2n) is 3.21. The molecule has 0 radical (unpaired) electrons. The van der Waals surface area contributed by atoms with E-state index >= 15 is 0 Å².